The Bertz CT molecular complexity index is 791. The molecule has 0 spiro atoms. The highest BCUT2D eigenvalue weighted by Crippen LogP contribution is 2.21. The molecule has 0 radical (unpaired) electrons. The van der Waals surface area contributed by atoms with Crippen LogP contribution in [0.2, 0.25) is 0 Å². The summed E-state index contributed by atoms with van der Waals surface area (Å²) >= 11 is 0. The van der Waals surface area contributed by atoms with Gasteiger partial charge < -0.3 is 10.6 Å². The van der Waals surface area contributed by atoms with Crippen LogP contribution in [0.4, 0.5) is 23.2 Å². The quantitative estimate of drug-likeness (QED) is 0.766. The van der Waals surface area contributed by atoms with E-state index in [1.165, 1.54) is 24.3 Å². The second kappa shape index (κ2) is 8.46. The number of aryl methyl sites for hydroxylation is 1. The molecule has 26 heavy (non-hydrogen) atoms. The number of benzene rings is 2. The largest absolute Gasteiger partial charge is 0.471 e. The van der Waals surface area contributed by atoms with Crippen molar-refractivity contribution in [3.63, 3.8) is 0 Å². The number of hydrogen-bond acceptors (Lipinski definition) is 2. The predicted octanol–water partition coefficient (Wildman–Crippen LogP) is 3.58. The van der Waals surface area contributed by atoms with Crippen LogP contribution in [0.15, 0.2) is 48.5 Å². The van der Waals surface area contributed by atoms with Gasteiger partial charge in [-0.05, 0) is 29.7 Å². The van der Waals surface area contributed by atoms with E-state index in [1.54, 1.807) is 29.6 Å². The molecule has 2 aromatic carbocycles. The molecule has 0 atom stereocenters. The predicted molar refractivity (Wildman–Crippen MR) is 87.7 cm³/mol. The van der Waals surface area contributed by atoms with Gasteiger partial charge >= 0.3 is 12.1 Å². The number of anilines is 1. The van der Waals surface area contributed by atoms with Crippen molar-refractivity contribution < 1.29 is 27.2 Å². The fourth-order valence-corrected chi connectivity index (χ4v) is 2.22. The van der Waals surface area contributed by atoms with E-state index >= 15 is 0 Å². The molecule has 0 fully saturated rings. The Morgan fingerprint density at radius 1 is 0.923 bits per heavy atom. The minimum Gasteiger partial charge on any atom is -0.352 e. The highest BCUT2D eigenvalue weighted by molar-refractivity contribution is 5.95. The molecule has 0 aliphatic carbocycles. The van der Waals surface area contributed by atoms with Crippen LogP contribution in [0.25, 0.3) is 0 Å². The number of rotatable bonds is 6. The fraction of sp³-hybridized carbons (Fsp3) is 0.222. The van der Waals surface area contributed by atoms with E-state index in [4.69, 9.17) is 0 Å². The first-order valence-electron chi connectivity index (χ1n) is 7.73. The lowest BCUT2D eigenvalue weighted by Gasteiger charge is -2.13. The maximum Gasteiger partial charge on any atom is 0.471 e. The Balaban J connectivity index is 1.92. The number of para-hydroxylation sites is 1. The van der Waals surface area contributed by atoms with Crippen molar-refractivity contribution >= 4 is 17.5 Å². The molecule has 0 heterocycles. The molecule has 2 N–H and O–H groups in total. The Morgan fingerprint density at radius 3 is 2.19 bits per heavy atom. The summed E-state index contributed by atoms with van der Waals surface area (Å²) < 4.78 is 50.6. The number of alkyl halides is 3. The van der Waals surface area contributed by atoms with E-state index in [9.17, 15) is 27.2 Å². The Morgan fingerprint density at radius 2 is 1.54 bits per heavy atom. The van der Waals surface area contributed by atoms with E-state index in [0.29, 0.717) is 11.1 Å². The third-order valence-electron chi connectivity index (χ3n) is 3.58. The van der Waals surface area contributed by atoms with Crippen molar-refractivity contribution in [1.82, 2.24) is 5.32 Å². The molecule has 0 saturated heterocycles. The maximum atomic E-state index is 13.5. The molecular formula is C18H16F4N2O2. The number of hydrogen-bond donors (Lipinski definition) is 2. The van der Waals surface area contributed by atoms with Crippen LogP contribution in [0.3, 0.4) is 0 Å². The fourth-order valence-electron chi connectivity index (χ4n) is 2.22. The summed E-state index contributed by atoms with van der Waals surface area (Å²) in [6.45, 7) is -0.0651. The Hall–Kier alpha value is -2.90. The number of carbonyl (C=O) groups excluding carboxylic acids is 2. The summed E-state index contributed by atoms with van der Waals surface area (Å²) in [6.07, 6.45) is -4.78. The first kappa shape index (κ1) is 19.4. The third kappa shape index (κ3) is 5.58. The molecule has 0 aliphatic heterocycles. The van der Waals surface area contributed by atoms with Gasteiger partial charge in [0, 0.05) is 18.7 Å². The van der Waals surface area contributed by atoms with E-state index in [1.807, 2.05) is 0 Å². The van der Waals surface area contributed by atoms with Gasteiger partial charge in [0.1, 0.15) is 5.82 Å². The highest BCUT2D eigenvalue weighted by Gasteiger charge is 2.38. The zero-order valence-corrected chi connectivity index (χ0v) is 13.6. The van der Waals surface area contributed by atoms with Gasteiger partial charge in [0.15, 0.2) is 0 Å². The molecule has 8 heteroatoms. The van der Waals surface area contributed by atoms with Crippen LogP contribution < -0.4 is 10.6 Å². The highest BCUT2D eigenvalue weighted by atomic mass is 19.4. The van der Waals surface area contributed by atoms with Gasteiger partial charge in [-0.25, -0.2) is 4.39 Å². The van der Waals surface area contributed by atoms with Crippen molar-refractivity contribution in [3.8, 4) is 0 Å². The molecule has 4 nitrogen and oxygen atoms in total. The lowest BCUT2D eigenvalue weighted by Crippen LogP contribution is -2.31. The molecule has 0 aliphatic rings. The van der Waals surface area contributed by atoms with Gasteiger partial charge in [0.2, 0.25) is 5.91 Å². The minimum atomic E-state index is -5.00. The molecule has 0 aromatic heterocycles. The van der Waals surface area contributed by atoms with Gasteiger partial charge in [-0.1, -0.05) is 36.4 Å². The van der Waals surface area contributed by atoms with E-state index in [2.05, 4.69) is 5.32 Å². The SMILES string of the molecule is O=C(CCc1ccccc1F)NCc1ccccc1NC(=O)C(F)(F)F. The smallest absolute Gasteiger partial charge is 0.352 e. The number of amides is 2. The topological polar surface area (TPSA) is 58.2 Å². The normalized spacial score (nSPS) is 11.1. The molecule has 2 aromatic rings. The summed E-state index contributed by atoms with van der Waals surface area (Å²) in [5, 5.41) is 4.32. The van der Waals surface area contributed by atoms with E-state index in [-0.39, 0.29) is 31.0 Å². The molecule has 0 bridgehead atoms. The monoisotopic (exact) mass is 368 g/mol. The van der Waals surface area contributed by atoms with Crippen molar-refractivity contribution in [2.45, 2.75) is 25.6 Å². The van der Waals surface area contributed by atoms with Crippen LogP contribution >= 0.6 is 0 Å². The second-order valence-electron chi connectivity index (χ2n) is 5.48. The zero-order chi connectivity index (χ0) is 19.2. The minimum absolute atomic E-state index is 0.0258. The van der Waals surface area contributed by atoms with E-state index < -0.39 is 17.9 Å². The van der Waals surface area contributed by atoms with Gasteiger partial charge in [-0.3, -0.25) is 9.59 Å². The van der Waals surface area contributed by atoms with Crippen LogP contribution in [-0.4, -0.2) is 18.0 Å². The van der Waals surface area contributed by atoms with Crippen molar-refractivity contribution in [2.75, 3.05) is 5.32 Å². The molecule has 0 unspecified atom stereocenters. The average molecular weight is 368 g/mol. The third-order valence-corrected chi connectivity index (χ3v) is 3.58. The molecule has 2 amide bonds. The van der Waals surface area contributed by atoms with Gasteiger partial charge in [0.05, 0.1) is 0 Å². The summed E-state index contributed by atoms with van der Waals surface area (Å²) in [4.78, 5) is 22.9. The lowest BCUT2D eigenvalue weighted by molar-refractivity contribution is -0.167. The summed E-state index contributed by atoms with van der Waals surface area (Å²) in [5.74, 6) is -2.87. The standard InChI is InChI=1S/C18H16F4N2O2/c19-14-7-3-1-5-12(14)9-10-16(25)23-11-13-6-2-4-8-15(13)24-17(26)18(20,21)22/h1-8H,9-11H2,(H,23,25)(H,24,26). The number of carbonyl (C=O) groups is 2. The summed E-state index contributed by atoms with van der Waals surface area (Å²) in [6, 6.07) is 11.9. The molecule has 2 rings (SSSR count). The summed E-state index contributed by atoms with van der Waals surface area (Å²) in [5.41, 5.74) is 0.689. The van der Waals surface area contributed by atoms with Crippen molar-refractivity contribution in [3.05, 3.63) is 65.5 Å². The second-order valence-corrected chi connectivity index (χ2v) is 5.48. The summed E-state index contributed by atoms with van der Waals surface area (Å²) in [7, 11) is 0. The van der Waals surface area contributed by atoms with Crippen molar-refractivity contribution in [2.24, 2.45) is 0 Å². The average Bonchev–Trinajstić information content (AvgIpc) is 2.59. The maximum absolute atomic E-state index is 13.5. The van der Waals surface area contributed by atoms with Crippen LogP contribution in [0.1, 0.15) is 17.5 Å². The molecular weight excluding hydrogens is 352 g/mol. The van der Waals surface area contributed by atoms with Crippen LogP contribution in [-0.2, 0) is 22.6 Å². The van der Waals surface area contributed by atoms with Crippen LogP contribution in [0.5, 0.6) is 0 Å². The first-order valence-corrected chi connectivity index (χ1v) is 7.73. The molecule has 0 saturated carbocycles. The zero-order valence-electron chi connectivity index (χ0n) is 13.6. The molecule has 138 valence electrons. The van der Waals surface area contributed by atoms with E-state index in [0.717, 1.165) is 0 Å². The number of halogens is 4. The van der Waals surface area contributed by atoms with Crippen LogP contribution in [0, 0.1) is 5.82 Å². The Kier molecular flexibility index (Phi) is 6.32. The van der Waals surface area contributed by atoms with Crippen molar-refractivity contribution in [1.29, 1.82) is 0 Å². The first-order chi connectivity index (χ1) is 12.3. The Labute approximate surface area is 147 Å². The lowest BCUT2D eigenvalue weighted by atomic mass is 10.1. The van der Waals surface area contributed by atoms with Gasteiger partial charge in [0.25, 0.3) is 0 Å². The van der Waals surface area contributed by atoms with Gasteiger partial charge in [-0.15, -0.1) is 0 Å². The number of nitrogens with one attached hydrogen (secondary N) is 2. The van der Waals surface area contributed by atoms with Gasteiger partial charge in [-0.2, -0.15) is 13.2 Å².